The molecule has 0 radical (unpaired) electrons. The van der Waals surface area contributed by atoms with E-state index < -0.39 is 0 Å². The van der Waals surface area contributed by atoms with Crippen LogP contribution in [0.4, 0.5) is 0 Å². The van der Waals surface area contributed by atoms with Gasteiger partial charge in [-0.1, -0.05) is 6.07 Å². The molecule has 0 saturated carbocycles. The maximum atomic E-state index is 5.88. The van der Waals surface area contributed by atoms with Crippen LogP contribution in [0.15, 0.2) is 24.5 Å². The molecular formula is C16H22N4O. The molecule has 1 atom stereocenters. The quantitative estimate of drug-likeness (QED) is 0.917. The third kappa shape index (κ3) is 2.93. The molecule has 1 heterocycles. The second kappa shape index (κ2) is 6.26. The number of nitrogens with zero attached hydrogens (tertiary/aromatic N) is 3. The number of hydrogen-bond donors (Lipinski definition) is 1. The van der Waals surface area contributed by atoms with Crippen LogP contribution in [0, 0.1) is 0 Å². The molecule has 1 aliphatic carbocycles. The number of aryl methyl sites for hydroxylation is 2. The maximum absolute atomic E-state index is 5.88. The van der Waals surface area contributed by atoms with Crippen LogP contribution in [0.5, 0.6) is 5.75 Å². The summed E-state index contributed by atoms with van der Waals surface area (Å²) >= 11 is 0. The first kappa shape index (κ1) is 14.1. The van der Waals surface area contributed by atoms with Gasteiger partial charge in [0.05, 0.1) is 0 Å². The smallest absolute Gasteiger partial charge is 0.164 e. The summed E-state index contributed by atoms with van der Waals surface area (Å²) in [5.41, 5.74) is 2.81. The Morgan fingerprint density at radius 2 is 2.33 bits per heavy atom. The molecule has 21 heavy (non-hydrogen) atoms. The van der Waals surface area contributed by atoms with Gasteiger partial charge < -0.3 is 10.1 Å². The Hall–Kier alpha value is -1.88. The molecule has 1 aliphatic rings. The predicted molar refractivity (Wildman–Crippen MR) is 81.2 cm³/mol. The van der Waals surface area contributed by atoms with Crippen molar-refractivity contribution in [3.8, 4) is 5.75 Å². The van der Waals surface area contributed by atoms with Gasteiger partial charge in [-0.15, -0.1) is 0 Å². The van der Waals surface area contributed by atoms with Crippen molar-refractivity contribution in [1.82, 2.24) is 20.1 Å². The molecule has 0 aliphatic heterocycles. The summed E-state index contributed by atoms with van der Waals surface area (Å²) in [4.78, 5) is 4.23. The van der Waals surface area contributed by atoms with Gasteiger partial charge in [0, 0.05) is 12.6 Å². The van der Waals surface area contributed by atoms with Gasteiger partial charge in [0.2, 0.25) is 0 Å². The Bertz CT molecular complexity index is 608. The largest absolute Gasteiger partial charge is 0.486 e. The molecule has 1 unspecified atom stereocenters. The minimum absolute atomic E-state index is 0.460. The first-order valence-electron chi connectivity index (χ1n) is 7.61. The van der Waals surface area contributed by atoms with Crippen LogP contribution in [0.2, 0.25) is 0 Å². The number of rotatable bonds is 5. The van der Waals surface area contributed by atoms with Gasteiger partial charge in [-0.05, 0) is 56.5 Å². The standard InChI is InChI=1S/C16H22N4O/c1-3-20-16(18-11-19-20)10-21-13-7-8-14-12(9-13)5-4-6-15(14)17-2/h7-9,11,15,17H,3-6,10H2,1-2H3. The minimum Gasteiger partial charge on any atom is -0.486 e. The normalized spacial score (nSPS) is 17.5. The summed E-state index contributed by atoms with van der Waals surface area (Å²) < 4.78 is 7.74. The Morgan fingerprint density at radius 1 is 1.43 bits per heavy atom. The number of hydrogen-bond acceptors (Lipinski definition) is 4. The zero-order chi connectivity index (χ0) is 14.7. The lowest BCUT2D eigenvalue weighted by atomic mass is 9.87. The van der Waals surface area contributed by atoms with E-state index in [1.807, 2.05) is 11.7 Å². The number of nitrogens with one attached hydrogen (secondary N) is 1. The van der Waals surface area contributed by atoms with E-state index in [0.717, 1.165) is 24.5 Å². The SMILES string of the molecule is CCn1ncnc1COc1ccc2c(c1)CCCC2NC. The molecule has 1 aromatic heterocycles. The summed E-state index contributed by atoms with van der Waals surface area (Å²) in [6, 6.07) is 6.90. The minimum atomic E-state index is 0.460. The van der Waals surface area contributed by atoms with Crippen molar-refractivity contribution < 1.29 is 4.74 Å². The lowest BCUT2D eigenvalue weighted by Crippen LogP contribution is -2.21. The highest BCUT2D eigenvalue weighted by molar-refractivity contribution is 5.39. The van der Waals surface area contributed by atoms with Crippen molar-refractivity contribution in [3.63, 3.8) is 0 Å². The highest BCUT2D eigenvalue weighted by Gasteiger charge is 2.19. The molecule has 0 spiro atoms. The third-order valence-electron chi connectivity index (χ3n) is 4.14. The molecule has 0 amide bonds. The molecule has 3 rings (SSSR count). The predicted octanol–water partition coefficient (Wildman–Crippen LogP) is 2.47. The lowest BCUT2D eigenvalue weighted by molar-refractivity contribution is 0.286. The molecule has 5 nitrogen and oxygen atoms in total. The second-order valence-electron chi connectivity index (χ2n) is 5.37. The molecule has 1 aromatic carbocycles. The van der Waals surface area contributed by atoms with Crippen molar-refractivity contribution in [2.45, 2.75) is 45.4 Å². The lowest BCUT2D eigenvalue weighted by Gasteiger charge is -2.25. The molecule has 5 heteroatoms. The van der Waals surface area contributed by atoms with Gasteiger partial charge >= 0.3 is 0 Å². The summed E-state index contributed by atoms with van der Waals surface area (Å²) in [7, 11) is 2.03. The molecule has 1 N–H and O–H groups in total. The number of ether oxygens (including phenoxy) is 1. The maximum Gasteiger partial charge on any atom is 0.164 e. The number of benzene rings is 1. The van der Waals surface area contributed by atoms with Crippen molar-refractivity contribution in [2.24, 2.45) is 0 Å². The average Bonchev–Trinajstić information content (AvgIpc) is 2.99. The van der Waals surface area contributed by atoms with Gasteiger partial charge in [0.1, 0.15) is 18.7 Å². The van der Waals surface area contributed by atoms with E-state index in [2.05, 4.69) is 40.5 Å². The van der Waals surface area contributed by atoms with E-state index in [0.29, 0.717) is 12.6 Å². The van der Waals surface area contributed by atoms with Crippen molar-refractivity contribution in [1.29, 1.82) is 0 Å². The monoisotopic (exact) mass is 286 g/mol. The Kier molecular flexibility index (Phi) is 4.20. The van der Waals surface area contributed by atoms with Crippen LogP contribution >= 0.6 is 0 Å². The van der Waals surface area contributed by atoms with Crippen LogP contribution in [-0.2, 0) is 19.6 Å². The Balaban J connectivity index is 1.72. The van der Waals surface area contributed by atoms with E-state index in [4.69, 9.17) is 4.74 Å². The highest BCUT2D eigenvalue weighted by Crippen LogP contribution is 2.32. The molecule has 2 aromatic rings. The average molecular weight is 286 g/mol. The summed E-state index contributed by atoms with van der Waals surface area (Å²) in [6.45, 7) is 3.32. The first-order valence-corrected chi connectivity index (χ1v) is 7.61. The fraction of sp³-hybridized carbons (Fsp3) is 0.500. The highest BCUT2D eigenvalue weighted by atomic mass is 16.5. The van der Waals surface area contributed by atoms with Crippen LogP contribution in [0.1, 0.15) is 42.8 Å². The zero-order valence-corrected chi connectivity index (χ0v) is 12.7. The van der Waals surface area contributed by atoms with Crippen molar-refractivity contribution in [2.75, 3.05) is 7.05 Å². The molecular weight excluding hydrogens is 264 g/mol. The van der Waals surface area contributed by atoms with E-state index in [-0.39, 0.29) is 0 Å². The summed E-state index contributed by atoms with van der Waals surface area (Å²) in [6.07, 6.45) is 5.15. The van der Waals surface area contributed by atoms with E-state index in [1.165, 1.54) is 24.0 Å². The van der Waals surface area contributed by atoms with Gasteiger partial charge in [0.25, 0.3) is 0 Å². The molecule has 112 valence electrons. The van der Waals surface area contributed by atoms with Crippen LogP contribution < -0.4 is 10.1 Å². The van der Waals surface area contributed by atoms with E-state index in [1.54, 1.807) is 6.33 Å². The van der Waals surface area contributed by atoms with E-state index in [9.17, 15) is 0 Å². The summed E-state index contributed by atoms with van der Waals surface area (Å²) in [5, 5.41) is 7.54. The number of aromatic nitrogens is 3. The van der Waals surface area contributed by atoms with Crippen molar-refractivity contribution in [3.05, 3.63) is 41.5 Å². The fourth-order valence-electron chi connectivity index (χ4n) is 2.99. The Labute approximate surface area is 125 Å². The molecule has 0 fully saturated rings. The van der Waals surface area contributed by atoms with E-state index >= 15 is 0 Å². The summed E-state index contributed by atoms with van der Waals surface area (Å²) in [5.74, 6) is 1.78. The van der Waals surface area contributed by atoms with Crippen LogP contribution in [0.3, 0.4) is 0 Å². The molecule has 0 bridgehead atoms. The van der Waals surface area contributed by atoms with Gasteiger partial charge in [0.15, 0.2) is 5.82 Å². The van der Waals surface area contributed by atoms with Gasteiger partial charge in [-0.2, -0.15) is 5.10 Å². The van der Waals surface area contributed by atoms with Gasteiger partial charge in [-0.25, -0.2) is 9.67 Å². The van der Waals surface area contributed by atoms with Gasteiger partial charge in [-0.3, -0.25) is 0 Å². The zero-order valence-electron chi connectivity index (χ0n) is 12.7. The number of fused-ring (bicyclic) bond motifs is 1. The second-order valence-corrected chi connectivity index (χ2v) is 5.37. The van der Waals surface area contributed by atoms with Crippen LogP contribution in [-0.4, -0.2) is 21.8 Å². The van der Waals surface area contributed by atoms with Crippen LogP contribution in [0.25, 0.3) is 0 Å². The Morgan fingerprint density at radius 3 is 3.14 bits per heavy atom. The van der Waals surface area contributed by atoms with Crippen molar-refractivity contribution >= 4 is 0 Å². The topological polar surface area (TPSA) is 52.0 Å². The third-order valence-corrected chi connectivity index (χ3v) is 4.14. The fourth-order valence-corrected chi connectivity index (χ4v) is 2.99. The molecule has 0 saturated heterocycles. The first-order chi connectivity index (χ1) is 10.3.